The number of hydrogen-bond acceptors (Lipinski definition) is 7. The van der Waals surface area contributed by atoms with Crippen LogP contribution in [-0.2, 0) is 12.7 Å². The molecule has 2 aromatic heterocycles. The van der Waals surface area contributed by atoms with E-state index in [-0.39, 0.29) is 34.2 Å². The number of halogens is 3. The van der Waals surface area contributed by atoms with Crippen molar-refractivity contribution < 1.29 is 22.8 Å². The molecule has 3 rings (SSSR count). The molecule has 0 bridgehead atoms. The van der Waals surface area contributed by atoms with E-state index >= 15 is 0 Å². The van der Waals surface area contributed by atoms with Crippen LogP contribution in [0.4, 0.5) is 24.7 Å². The Hall–Kier alpha value is -3.54. The fourth-order valence-electron chi connectivity index (χ4n) is 2.44. The van der Waals surface area contributed by atoms with Gasteiger partial charge < -0.3 is 16.4 Å². The summed E-state index contributed by atoms with van der Waals surface area (Å²) >= 11 is 0.996. The normalized spacial score (nSPS) is 11.2. The Bertz CT molecular complexity index is 1100. The number of carbonyl (C=O) groups is 2. The lowest BCUT2D eigenvalue weighted by atomic mass is 10.1. The number of rotatable bonds is 5. The molecule has 4 N–H and O–H groups in total. The van der Waals surface area contributed by atoms with Crippen LogP contribution in [0.3, 0.4) is 0 Å². The van der Waals surface area contributed by atoms with Gasteiger partial charge in [-0.05, 0) is 24.6 Å². The maximum Gasteiger partial charge on any atom is 0.416 e. The summed E-state index contributed by atoms with van der Waals surface area (Å²) in [5.74, 6) is -0.955. The van der Waals surface area contributed by atoms with Crippen molar-refractivity contribution >= 4 is 34.7 Å². The molecular weight excluding hydrogens is 421 g/mol. The first kappa shape index (κ1) is 21.2. The second-order valence-electron chi connectivity index (χ2n) is 6.11. The average molecular weight is 436 g/mol. The number of nitrogens with zero attached hydrogens (tertiary/aromatic N) is 3. The molecule has 0 atom stereocenters. The van der Waals surface area contributed by atoms with Crippen molar-refractivity contribution in [2.75, 3.05) is 11.1 Å². The molecule has 1 aromatic carbocycles. The number of aryl methyl sites for hydroxylation is 1. The molecule has 2 amide bonds. The van der Waals surface area contributed by atoms with Gasteiger partial charge in [0, 0.05) is 11.8 Å². The monoisotopic (exact) mass is 436 g/mol. The molecule has 0 aliphatic heterocycles. The van der Waals surface area contributed by atoms with Crippen LogP contribution in [0.2, 0.25) is 0 Å². The number of amides is 2. The molecule has 0 aliphatic rings. The van der Waals surface area contributed by atoms with E-state index in [1.165, 1.54) is 31.3 Å². The van der Waals surface area contributed by atoms with Crippen LogP contribution in [0, 0.1) is 6.92 Å². The highest BCUT2D eigenvalue weighted by Gasteiger charge is 2.32. The van der Waals surface area contributed by atoms with E-state index in [0.29, 0.717) is 5.01 Å². The number of thiazole rings is 1. The summed E-state index contributed by atoms with van der Waals surface area (Å²) in [6.07, 6.45) is -2.08. The third-order valence-electron chi connectivity index (χ3n) is 3.90. The number of anilines is 2. The van der Waals surface area contributed by atoms with Crippen LogP contribution in [0.5, 0.6) is 0 Å². The number of nitrogen functional groups attached to an aromatic ring is 1. The third-order valence-corrected chi connectivity index (χ3v) is 4.90. The lowest BCUT2D eigenvalue weighted by molar-refractivity contribution is -0.138. The largest absolute Gasteiger partial charge is 0.416 e. The molecule has 3 aromatic rings. The summed E-state index contributed by atoms with van der Waals surface area (Å²) in [7, 11) is 0. The fourth-order valence-corrected chi connectivity index (χ4v) is 3.19. The van der Waals surface area contributed by atoms with E-state index in [2.05, 4.69) is 25.6 Å². The van der Waals surface area contributed by atoms with Crippen LogP contribution in [-0.4, -0.2) is 26.8 Å². The van der Waals surface area contributed by atoms with Crippen molar-refractivity contribution in [3.63, 3.8) is 0 Å². The minimum atomic E-state index is -4.52. The number of hydrogen-bond donors (Lipinski definition) is 3. The third kappa shape index (κ3) is 5.08. The lowest BCUT2D eigenvalue weighted by Gasteiger charge is -2.12. The minimum absolute atomic E-state index is 0.0162. The second-order valence-corrected chi connectivity index (χ2v) is 7.23. The van der Waals surface area contributed by atoms with Crippen LogP contribution in [0.25, 0.3) is 0 Å². The first-order chi connectivity index (χ1) is 14.1. The van der Waals surface area contributed by atoms with E-state index in [1.807, 2.05) is 0 Å². The molecule has 0 aliphatic carbocycles. The summed E-state index contributed by atoms with van der Waals surface area (Å²) in [6, 6.07) is 4.86. The van der Waals surface area contributed by atoms with E-state index in [1.54, 1.807) is 0 Å². The Kier molecular flexibility index (Phi) is 5.96. The van der Waals surface area contributed by atoms with Crippen LogP contribution in [0.15, 0.2) is 36.8 Å². The van der Waals surface area contributed by atoms with Gasteiger partial charge in [-0.25, -0.2) is 15.0 Å². The fraction of sp³-hybridized carbons (Fsp3) is 0.167. The van der Waals surface area contributed by atoms with E-state index in [0.717, 1.165) is 23.7 Å². The number of alkyl halides is 3. The van der Waals surface area contributed by atoms with Gasteiger partial charge in [0.25, 0.3) is 11.8 Å². The molecule has 8 nitrogen and oxygen atoms in total. The van der Waals surface area contributed by atoms with Gasteiger partial charge in [-0.15, -0.1) is 11.3 Å². The molecule has 0 spiro atoms. The minimum Gasteiger partial charge on any atom is -0.384 e. The molecular formula is C18H15F3N6O2S. The van der Waals surface area contributed by atoms with Gasteiger partial charge in [0.1, 0.15) is 27.7 Å². The SMILES string of the molecule is Cc1ccc(NC(=O)c2cnc(CNC(=O)c3cc(N)ncn3)s2)cc1C(F)(F)F. The Labute approximate surface area is 172 Å². The highest BCUT2D eigenvalue weighted by Crippen LogP contribution is 2.33. The Morgan fingerprint density at radius 2 is 1.90 bits per heavy atom. The van der Waals surface area contributed by atoms with Crippen molar-refractivity contribution in [1.82, 2.24) is 20.3 Å². The molecule has 0 saturated carbocycles. The zero-order valence-corrected chi connectivity index (χ0v) is 16.3. The van der Waals surface area contributed by atoms with E-state index in [4.69, 9.17) is 5.73 Å². The predicted octanol–water partition coefficient (Wildman–Crippen LogP) is 3.02. The maximum absolute atomic E-state index is 13.0. The van der Waals surface area contributed by atoms with Crippen molar-refractivity contribution in [2.45, 2.75) is 19.6 Å². The highest BCUT2D eigenvalue weighted by molar-refractivity contribution is 7.13. The molecule has 0 unspecified atom stereocenters. The van der Waals surface area contributed by atoms with Crippen LogP contribution >= 0.6 is 11.3 Å². The summed E-state index contributed by atoms with van der Waals surface area (Å²) in [5, 5.41) is 5.43. The Balaban J connectivity index is 1.63. The van der Waals surface area contributed by atoms with Crippen molar-refractivity contribution in [2.24, 2.45) is 0 Å². The average Bonchev–Trinajstić information content (AvgIpc) is 3.16. The molecule has 0 fully saturated rings. The van der Waals surface area contributed by atoms with Gasteiger partial charge in [-0.1, -0.05) is 6.07 Å². The number of nitrogens with one attached hydrogen (secondary N) is 2. The van der Waals surface area contributed by atoms with E-state index in [9.17, 15) is 22.8 Å². The van der Waals surface area contributed by atoms with Gasteiger partial charge >= 0.3 is 6.18 Å². The number of nitrogens with two attached hydrogens (primary N) is 1. The molecule has 156 valence electrons. The quantitative estimate of drug-likeness (QED) is 0.565. The Morgan fingerprint density at radius 1 is 1.13 bits per heavy atom. The zero-order chi connectivity index (χ0) is 21.9. The number of benzene rings is 1. The first-order valence-corrected chi connectivity index (χ1v) is 9.25. The summed E-state index contributed by atoms with van der Waals surface area (Å²) < 4.78 is 39.1. The second kappa shape index (κ2) is 8.45. The molecule has 12 heteroatoms. The van der Waals surface area contributed by atoms with Gasteiger partial charge in [0.05, 0.1) is 18.3 Å². The standard InChI is InChI=1S/C18H15F3N6O2S/c1-9-2-3-10(4-11(9)18(19,20)21)27-17(29)13-6-23-15(30-13)7-24-16(28)12-5-14(22)26-8-25-12/h2-6,8H,7H2,1H3,(H,24,28)(H,27,29)(H2,22,25,26). The predicted molar refractivity (Wildman–Crippen MR) is 104 cm³/mol. The zero-order valence-electron chi connectivity index (χ0n) is 15.4. The first-order valence-electron chi connectivity index (χ1n) is 8.43. The summed E-state index contributed by atoms with van der Waals surface area (Å²) in [5.41, 5.74) is 4.83. The van der Waals surface area contributed by atoms with Crippen LogP contribution in [0.1, 0.15) is 36.3 Å². The van der Waals surface area contributed by atoms with Gasteiger partial charge in [-0.3, -0.25) is 9.59 Å². The number of carbonyl (C=O) groups excluding carboxylic acids is 2. The van der Waals surface area contributed by atoms with Gasteiger partial charge in [0.15, 0.2) is 0 Å². The molecule has 0 saturated heterocycles. The van der Waals surface area contributed by atoms with Crippen molar-refractivity contribution in [1.29, 1.82) is 0 Å². The highest BCUT2D eigenvalue weighted by atomic mass is 32.1. The molecule has 30 heavy (non-hydrogen) atoms. The smallest absolute Gasteiger partial charge is 0.384 e. The summed E-state index contributed by atoms with van der Waals surface area (Å²) in [4.78, 5) is 36.1. The lowest BCUT2D eigenvalue weighted by Crippen LogP contribution is -2.24. The van der Waals surface area contributed by atoms with Gasteiger partial charge in [-0.2, -0.15) is 13.2 Å². The van der Waals surface area contributed by atoms with E-state index < -0.39 is 23.6 Å². The molecule has 2 heterocycles. The summed E-state index contributed by atoms with van der Waals surface area (Å²) in [6.45, 7) is 1.37. The van der Waals surface area contributed by atoms with Crippen molar-refractivity contribution in [3.8, 4) is 0 Å². The topological polar surface area (TPSA) is 123 Å². The molecule has 0 radical (unpaired) electrons. The van der Waals surface area contributed by atoms with Crippen molar-refractivity contribution in [3.05, 3.63) is 63.5 Å². The van der Waals surface area contributed by atoms with Gasteiger partial charge in [0.2, 0.25) is 0 Å². The Morgan fingerprint density at radius 3 is 2.60 bits per heavy atom. The maximum atomic E-state index is 13.0. The number of aromatic nitrogens is 3. The van der Waals surface area contributed by atoms with Crippen LogP contribution < -0.4 is 16.4 Å².